The number of nitro benzene ring substituents is 1. The summed E-state index contributed by atoms with van der Waals surface area (Å²) in [5, 5.41) is 12.4. The number of halogens is 1. The van der Waals surface area contributed by atoms with Crippen molar-refractivity contribution in [2.24, 2.45) is 4.99 Å². The number of rotatable bonds is 10. The van der Waals surface area contributed by atoms with Gasteiger partial charge >= 0.3 is 5.97 Å². The fourth-order valence-electron chi connectivity index (χ4n) is 4.81. The number of nitro groups is 1. The van der Waals surface area contributed by atoms with Crippen LogP contribution >= 0.6 is 27.3 Å². The van der Waals surface area contributed by atoms with Crippen molar-refractivity contribution in [3.63, 3.8) is 0 Å². The van der Waals surface area contributed by atoms with Gasteiger partial charge in [0.2, 0.25) is 0 Å². The first-order valence-electron chi connectivity index (χ1n) is 13.8. The number of esters is 1. The van der Waals surface area contributed by atoms with Gasteiger partial charge in [-0.3, -0.25) is 19.5 Å². The molecule has 0 N–H and O–H groups in total. The van der Waals surface area contributed by atoms with Crippen LogP contribution in [0.25, 0.3) is 11.8 Å². The largest absolute Gasteiger partial charge is 0.490 e. The van der Waals surface area contributed by atoms with Gasteiger partial charge in [0.1, 0.15) is 12.6 Å². The molecular weight excluding hydrogens is 650 g/mol. The van der Waals surface area contributed by atoms with Crippen molar-refractivity contribution < 1.29 is 23.9 Å². The van der Waals surface area contributed by atoms with Gasteiger partial charge in [0.15, 0.2) is 16.3 Å². The Kier molecular flexibility index (Phi) is 9.40. The summed E-state index contributed by atoms with van der Waals surface area (Å²) in [4.78, 5) is 43.9. The standard InChI is InChI=1S/C32H28BrN3O7S/c1-4-41-25-16-23(24(36(39)40)17-26(25)43-18-21-9-7-6-8-10-21)29-28(31(38)42-5-2)19(3)35-30(37)27(44-32(35)34-29)15-20-11-13-22(33)14-12-20/h6-17,29H,4-5,18H2,1-3H3/b27-15-/t29-/m0/s1. The molecule has 0 bridgehead atoms. The first-order chi connectivity index (χ1) is 21.2. The molecule has 0 saturated carbocycles. The highest BCUT2D eigenvalue weighted by atomic mass is 79.9. The second-order valence-electron chi connectivity index (χ2n) is 9.66. The summed E-state index contributed by atoms with van der Waals surface area (Å²) in [6, 6.07) is 18.5. The van der Waals surface area contributed by atoms with E-state index >= 15 is 0 Å². The van der Waals surface area contributed by atoms with E-state index in [1.54, 1.807) is 26.8 Å². The lowest BCUT2D eigenvalue weighted by Crippen LogP contribution is -2.35. The van der Waals surface area contributed by atoms with Gasteiger partial charge in [-0.2, -0.15) is 0 Å². The third kappa shape index (κ3) is 6.36. The summed E-state index contributed by atoms with van der Waals surface area (Å²) in [5.74, 6) is -0.282. The summed E-state index contributed by atoms with van der Waals surface area (Å²) in [5.41, 5.74) is 1.43. The maximum absolute atomic E-state index is 13.6. The number of aromatic nitrogens is 1. The highest BCUT2D eigenvalue weighted by molar-refractivity contribution is 9.10. The van der Waals surface area contributed by atoms with Crippen LogP contribution in [0.4, 0.5) is 5.69 Å². The Morgan fingerprint density at radius 3 is 2.43 bits per heavy atom. The van der Waals surface area contributed by atoms with E-state index in [0.717, 1.165) is 26.9 Å². The molecule has 0 amide bonds. The number of benzene rings is 3. The van der Waals surface area contributed by atoms with Crippen molar-refractivity contribution in [1.82, 2.24) is 4.57 Å². The van der Waals surface area contributed by atoms with E-state index in [4.69, 9.17) is 19.2 Å². The number of hydrogen-bond acceptors (Lipinski definition) is 9. The zero-order valence-electron chi connectivity index (χ0n) is 24.1. The smallest absolute Gasteiger partial charge is 0.338 e. The molecule has 4 aromatic rings. The van der Waals surface area contributed by atoms with Crippen LogP contribution in [-0.4, -0.2) is 28.7 Å². The number of carbonyl (C=O) groups is 1. The monoisotopic (exact) mass is 677 g/mol. The molecule has 0 saturated heterocycles. The van der Waals surface area contributed by atoms with Gasteiger partial charge < -0.3 is 14.2 Å². The molecule has 0 aliphatic carbocycles. The van der Waals surface area contributed by atoms with Crippen LogP contribution in [0.3, 0.4) is 0 Å². The van der Waals surface area contributed by atoms with Crippen LogP contribution < -0.4 is 24.4 Å². The molecule has 5 rings (SSSR count). The molecule has 0 fully saturated rings. The van der Waals surface area contributed by atoms with Crippen molar-refractivity contribution in [1.29, 1.82) is 0 Å². The van der Waals surface area contributed by atoms with Crippen molar-refractivity contribution in [2.75, 3.05) is 13.2 Å². The van der Waals surface area contributed by atoms with Gasteiger partial charge in [0.25, 0.3) is 11.2 Å². The maximum atomic E-state index is 13.6. The zero-order chi connectivity index (χ0) is 31.4. The number of thiazole rings is 1. The van der Waals surface area contributed by atoms with Crippen LogP contribution in [0.5, 0.6) is 11.5 Å². The Morgan fingerprint density at radius 2 is 1.77 bits per heavy atom. The van der Waals surface area contributed by atoms with E-state index < -0.39 is 16.9 Å². The third-order valence-electron chi connectivity index (χ3n) is 6.83. The summed E-state index contributed by atoms with van der Waals surface area (Å²) in [7, 11) is 0. The van der Waals surface area contributed by atoms with Crippen LogP contribution in [0.2, 0.25) is 0 Å². The summed E-state index contributed by atoms with van der Waals surface area (Å²) >= 11 is 4.54. The second kappa shape index (κ2) is 13.4. The average Bonchev–Trinajstić information content (AvgIpc) is 3.32. The fraction of sp³-hybridized carbons (Fsp3) is 0.219. The van der Waals surface area contributed by atoms with E-state index in [-0.39, 0.29) is 59.4 Å². The Labute approximate surface area is 264 Å². The van der Waals surface area contributed by atoms with Crippen LogP contribution in [0.1, 0.15) is 43.5 Å². The van der Waals surface area contributed by atoms with Crippen LogP contribution in [0, 0.1) is 10.1 Å². The number of carbonyl (C=O) groups excluding carboxylic acids is 1. The number of allylic oxidation sites excluding steroid dienone is 1. The minimum absolute atomic E-state index is 0.0259. The first kappa shape index (κ1) is 30.9. The average molecular weight is 679 g/mol. The minimum Gasteiger partial charge on any atom is -0.490 e. The Morgan fingerprint density at radius 1 is 1.07 bits per heavy atom. The third-order valence-corrected chi connectivity index (χ3v) is 8.34. The lowest BCUT2D eigenvalue weighted by atomic mass is 9.94. The molecule has 1 aliphatic heterocycles. The number of ether oxygens (including phenoxy) is 3. The summed E-state index contributed by atoms with van der Waals surface area (Å²) in [6.45, 7) is 5.55. The van der Waals surface area contributed by atoms with Gasteiger partial charge in [0.05, 0.1) is 39.9 Å². The normalized spacial score (nSPS) is 14.5. The molecule has 10 nitrogen and oxygen atoms in total. The quantitative estimate of drug-likeness (QED) is 0.122. The van der Waals surface area contributed by atoms with Crippen LogP contribution in [0.15, 0.2) is 86.6 Å². The molecule has 0 unspecified atom stereocenters. The van der Waals surface area contributed by atoms with Crippen molar-refractivity contribution >= 4 is 50.7 Å². The van der Waals surface area contributed by atoms with Crippen LogP contribution in [-0.2, 0) is 16.1 Å². The van der Waals surface area contributed by atoms with Crippen molar-refractivity contribution in [3.05, 3.63) is 123 Å². The van der Waals surface area contributed by atoms with E-state index in [9.17, 15) is 19.7 Å². The Bertz CT molecular complexity index is 1930. The summed E-state index contributed by atoms with van der Waals surface area (Å²) in [6.07, 6.45) is 1.74. The lowest BCUT2D eigenvalue weighted by Gasteiger charge is -2.23. The minimum atomic E-state index is -1.14. The number of fused-ring (bicyclic) bond motifs is 1. The lowest BCUT2D eigenvalue weighted by molar-refractivity contribution is -0.385. The van der Waals surface area contributed by atoms with Gasteiger partial charge in [-0.15, -0.1) is 0 Å². The van der Waals surface area contributed by atoms with Crippen molar-refractivity contribution in [2.45, 2.75) is 33.4 Å². The molecule has 0 radical (unpaired) electrons. The predicted octanol–water partition coefficient (Wildman–Crippen LogP) is 5.56. The van der Waals surface area contributed by atoms with E-state index in [1.807, 2.05) is 54.6 Å². The molecule has 1 atom stereocenters. The van der Waals surface area contributed by atoms with Crippen molar-refractivity contribution in [3.8, 4) is 11.5 Å². The molecule has 44 heavy (non-hydrogen) atoms. The van der Waals surface area contributed by atoms with Gasteiger partial charge in [-0.1, -0.05) is 69.7 Å². The second-order valence-corrected chi connectivity index (χ2v) is 11.6. The Hall–Kier alpha value is -4.55. The molecule has 226 valence electrons. The van der Waals surface area contributed by atoms with E-state index in [2.05, 4.69) is 15.9 Å². The fourth-order valence-corrected chi connectivity index (χ4v) is 6.12. The topological polar surface area (TPSA) is 122 Å². The van der Waals surface area contributed by atoms with E-state index in [1.165, 1.54) is 16.7 Å². The highest BCUT2D eigenvalue weighted by Gasteiger charge is 2.36. The molecule has 3 aromatic carbocycles. The zero-order valence-corrected chi connectivity index (χ0v) is 26.5. The number of nitrogens with zero attached hydrogens (tertiary/aromatic N) is 3. The molecule has 1 aromatic heterocycles. The maximum Gasteiger partial charge on any atom is 0.338 e. The SMILES string of the molecule is CCOC(=O)C1=C(C)n2c(s/c(=C\c3ccc(Br)cc3)c2=O)=N[C@H]1c1cc(OCC)c(OCc2ccccc2)cc1[N+](=O)[O-]. The predicted molar refractivity (Wildman–Crippen MR) is 170 cm³/mol. The Balaban J connectivity index is 1.69. The van der Waals surface area contributed by atoms with E-state index in [0.29, 0.717) is 9.33 Å². The van der Waals surface area contributed by atoms with Gasteiger partial charge in [0, 0.05) is 10.2 Å². The molecule has 1 aliphatic rings. The molecular formula is C32H28BrN3O7S. The highest BCUT2D eigenvalue weighted by Crippen LogP contribution is 2.43. The first-order valence-corrected chi connectivity index (χ1v) is 15.4. The van der Waals surface area contributed by atoms with Gasteiger partial charge in [-0.25, -0.2) is 9.79 Å². The summed E-state index contributed by atoms with van der Waals surface area (Å²) < 4.78 is 19.8. The number of hydrogen-bond donors (Lipinski definition) is 0. The van der Waals surface area contributed by atoms with Gasteiger partial charge in [-0.05, 0) is 56.2 Å². The molecule has 12 heteroatoms. The molecule has 0 spiro atoms. The molecule has 2 heterocycles.